The van der Waals surface area contributed by atoms with Gasteiger partial charge in [-0.15, -0.1) is 11.3 Å². The average molecular weight is 431 g/mol. The molecule has 2 amide bonds. The smallest absolute Gasteiger partial charge is 0.410 e. The van der Waals surface area contributed by atoms with Crippen LogP contribution in [-0.4, -0.2) is 66.1 Å². The van der Waals surface area contributed by atoms with Gasteiger partial charge in [-0.2, -0.15) is 4.31 Å². The highest BCUT2D eigenvalue weighted by Crippen LogP contribution is 2.30. The van der Waals surface area contributed by atoms with Crippen molar-refractivity contribution in [1.29, 1.82) is 0 Å². The number of aromatic nitrogens is 1. The van der Waals surface area contributed by atoms with E-state index in [1.807, 2.05) is 0 Å². The number of carbonyl (C=O) groups is 2. The van der Waals surface area contributed by atoms with Gasteiger partial charge in [0.15, 0.2) is 5.13 Å². The molecule has 156 valence electrons. The Labute approximate surface area is 169 Å². The number of carbonyl (C=O) groups excluding carboxylic acids is 2. The lowest BCUT2D eigenvalue weighted by Crippen LogP contribution is -2.36. The van der Waals surface area contributed by atoms with Crippen molar-refractivity contribution >= 4 is 38.5 Å². The summed E-state index contributed by atoms with van der Waals surface area (Å²) in [6.07, 6.45) is 1.88. The second-order valence-electron chi connectivity index (χ2n) is 8.14. The van der Waals surface area contributed by atoms with E-state index in [1.54, 1.807) is 25.7 Å². The molecule has 9 nitrogen and oxygen atoms in total. The van der Waals surface area contributed by atoms with E-state index in [1.165, 1.54) is 21.9 Å². The van der Waals surface area contributed by atoms with Gasteiger partial charge >= 0.3 is 6.09 Å². The van der Waals surface area contributed by atoms with Crippen LogP contribution >= 0.6 is 11.3 Å². The second kappa shape index (κ2) is 7.60. The van der Waals surface area contributed by atoms with Crippen molar-refractivity contribution in [3.63, 3.8) is 0 Å². The van der Waals surface area contributed by atoms with E-state index < -0.39 is 21.7 Å². The number of likely N-dealkylation sites (tertiary alicyclic amines) is 1. The van der Waals surface area contributed by atoms with Gasteiger partial charge in [0, 0.05) is 37.5 Å². The highest BCUT2D eigenvalue weighted by atomic mass is 32.2. The Kier molecular flexibility index (Phi) is 5.70. The first-order valence-corrected chi connectivity index (χ1v) is 11.8. The lowest BCUT2D eigenvalue weighted by Gasteiger charge is -2.24. The summed E-state index contributed by atoms with van der Waals surface area (Å²) in [5.74, 6) is -0.502. The number of nitrogens with zero attached hydrogens (tertiary/aromatic N) is 3. The third kappa shape index (κ3) is 5.00. The molecule has 2 aliphatic heterocycles. The molecule has 1 atom stereocenters. The van der Waals surface area contributed by atoms with E-state index in [9.17, 15) is 18.0 Å². The minimum Gasteiger partial charge on any atom is -0.444 e. The molecule has 0 unspecified atom stereocenters. The van der Waals surface area contributed by atoms with Gasteiger partial charge in [0.1, 0.15) is 5.60 Å². The van der Waals surface area contributed by atoms with Crippen LogP contribution < -0.4 is 5.32 Å². The minimum absolute atomic E-state index is 0.183. The molecule has 11 heteroatoms. The van der Waals surface area contributed by atoms with Crippen LogP contribution in [0.25, 0.3) is 0 Å². The monoisotopic (exact) mass is 430 g/mol. The quantitative estimate of drug-likeness (QED) is 0.781. The molecule has 2 aliphatic rings. The Morgan fingerprint density at radius 1 is 1.29 bits per heavy atom. The molecule has 1 saturated heterocycles. The van der Waals surface area contributed by atoms with E-state index in [-0.39, 0.29) is 18.4 Å². The number of nitrogens with one attached hydrogen (secondary N) is 1. The number of ether oxygens (including phenoxy) is 1. The number of fused-ring (bicyclic) bond motifs is 1. The molecule has 0 aromatic carbocycles. The van der Waals surface area contributed by atoms with Crippen LogP contribution in [0, 0.1) is 5.92 Å². The van der Waals surface area contributed by atoms with Gasteiger partial charge in [-0.1, -0.05) is 0 Å². The van der Waals surface area contributed by atoms with Crippen molar-refractivity contribution in [2.45, 2.75) is 45.8 Å². The van der Waals surface area contributed by atoms with Crippen LogP contribution in [-0.2, 0) is 32.5 Å². The summed E-state index contributed by atoms with van der Waals surface area (Å²) in [4.78, 5) is 31.6. The van der Waals surface area contributed by atoms with E-state index in [0.29, 0.717) is 37.6 Å². The Hall–Kier alpha value is -1.72. The molecule has 1 N–H and O–H groups in total. The molecule has 1 fully saturated rings. The maximum atomic E-state index is 12.6. The lowest BCUT2D eigenvalue weighted by atomic mass is 10.1. The molecule has 1 aromatic rings. The highest BCUT2D eigenvalue weighted by molar-refractivity contribution is 7.88. The molecular weight excluding hydrogens is 404 g/mol. The maximum absolute atomic E-state index is 12.6. The lowest BCUT2D eigenvalue weighted by molar-refractivity contribution is -0.119. The Bertz CT molecular complexity index is 875. The number of hydrogen-bond acceptors (Lipinski definition) is 7. The minimum atomic E-state index is -3.25. The number of rotatable bonds is 3. The SMILES string of the molecule is CC(C)(C)OC(=O)N1CC[C@H](C(=O)Nc2nc3c(s2)CN(S(C)(=O)=O)CC3)C1. The fraction of sp³-hybridized carbons (Fsp3) is 0.706. The molecule has 0 spiro atoms. The summed E-state index contributed by atoms with van der Waals surface area (Å²) in [5, 5.41) is 3.30. The fourth-order valence-corrected chi connectivity index (χ4v) is 5.08. The number of thiazole rings is 1. The molecule has 1 aromatic heterocycles. The molecule has 3 heterocycles. The molecule has 28 heavy (non-hydrogen) atoms. The van der Waals surface area contributed by atoms with Crippen LogP contribution in [0.15, 0.2) is 0 Å². The molecular formula is C17H26N4O5S2. The van der Waals surface area contributed by atoms with Gasteiger partial charge in [0.05, 0.1) is 17.9 Å². The summed E-state index contributed by atoms with van der Waals surface area (Å²) in [6.45, 7) is 6.90. The molecule has 0 radical (unpaired) electrons. The van der Waals surface area contributed by atoms with Gasteiger partial charge in [-0.25, -0.2) is 18.2 Å². The van der Waals surface area contributed by atoms with Crippen LogP contribution in [0.1, 0.15) is 37.8 Å². The van der Waals surface area contributed by atoms with Gasteiger partial charge in [-0.3, -0.25) is 4.79 Å². The van der Waals surface area contributed by atoms with Crippen molar-refractivity contribution in [3.8, 4) is 0 Å². The average Bonchev–Trinajstić information content (AvgIpc) is 3.18. The van der Waals surface area contributed by atoms with Crippen molar-refractivity contribution in [1.82, 2.24) is 14.2 Å². The fourth-order valence-electron chi connectivity index (χ4n) is 3.18. The zero-order valence-electron chi connectivity index (χ0n) is 16.5. The first-order chi connectivity index (χ1) is 12.9. The van der Waals surface area contributed by atoms with E-state index in [4.69, 9.17) is 4.74 Å². The maximum Gasteiger partial charge on any atom is 0.410 e. The molecule has 0 aliphatic carbocycles. The first-order valence-electron chi connectivity index (χ1n) is 9.15. The number of amides is 2. The summed E-state index contributed by atoms with van der Waals surface area (Å²) >= 11 is 1.30. The van der Waals surface area contributed by atoms with Crippen LogP contribution in [0.5, 0.6) is 0 Å². The third-order valence-electron chi connectivity index (χ3n) is 4.61. The van der Waals surface area contributed by atoms with E-state index in [2.05, 4.69) is 10.3 Å². The first kappa shape index (κ1) is 21.0. The standard InChI is InChI=1S/C17H26N4O5S2/c1-17(2,3)26-16(23)20-7-5-11(9-20)14(22)19-15-18-12-6-8-21(28(4,24)25)10-13(12)27-15/h11H,5-10H2,1-4H3,(H,18,19,22)/t11-/m0/s1. The predicted molar refractivity (Wildman–Crippen MR) is 106 cm³/mol. The second-order valence-corrected chi connectivity index (χ2v) is 11.2. The molecule has 3 rings (SSSR count). The van der Waals surface area contributed by atoms with Crippen molar-refractivity contribution in [3.05, 3.63) is 10.6 Å². The van der Waals surface area contributed by atoms with Gasteiger partial charge in [-0.05, 0) is 27.2 Å². The van der Waals surface area contributed by atoms with Gasteiger partial charge < -0.3 is 15.0 Å². The zero-order chi connectivity index (χ0) is 20.7. The Morgan fingerprint density at radius 2 is 2.00 bits per heavy atom. The molecule has 0 saturated carbocycles. The summed E-state index contributed by atoms with van der Waals surface area (Å²) < 4.78 is 30.2. The number of anilines is 1. The van der Waals surface area contributed by atoms with E-state index >= 15 is 0 Å². The number of hydrogen-bond donors (Lipinski definition) is 1. The summed E-state index contributed by atoms with van der Waals surface area (Å²) in [7, 11) is -3.25. The third-order valence-corrected chi connectivity index (χ3v) is 6.85. The van der Waals surface area contributed by atoms with Crippen molar-refractivity contribution < 1.29 is 22.7 Å². The summed E-state index contributed by atoms with van der Waals surface area (Å²) in [6, 6.07) is 0. The van der Waals surface area contributed by atoms with Crippen molar-refractivity contribution in [2.75, 3.05) is 31.2 Å². The van der Waals surface area contributed by atoms with Gasteiger partial charge in [0.2, 0.25) is 15.9 Å². The Morgan fingerprint density at radius 3 is 2.64 bits per heavy atom. The molecule has 0 bridgehead atoms. The van der Waals surface area contributed by atoms with Crippen LogP contribution in [0.4, 0.5) is 9.93 Å². The number of sulfonamides is 1. The predicted octanol–water partition coefficient (Wildman–Crippen LogP) is 1.66. The van der Waals surface area contributed by atoms with E-state index in [0.717, 1.165) is 10.6 Å². The van der Waals surface area contributed by atoms with Crippen molar-refractivity contribution in [2.24, 2.45) is 5.92 Å². The normalized spacial score (nSPS) is 20.7. The van der Waals surface area contributed by atoms with Gasteiger partial charge in [0.25, 0.3) is 0 Å². The van der Waals surface area contributed by atoms with Crippen LogP contribution in [0.3, 0.4) is 0 Å². The topological polar surface area (TPSA) is 109 Å². The van der Waals surface area contributed by atoms with Crippen LogP contribution in [0.2, 0.25) is 0 Å². The highest BCUT2D eigenvalue weighted by Gasteiger charge is 2.34. The Balaban J connectivity index is 1.58. The summed E-state index contributed by atoms with van der Waals surface area (Å²) in [5.41, 5.74) is 0.263. The zero-order valence-corrected chi connectivity index (χ0v) is 18.2. The largest absolute Gasteiger partial charge is 0.444 e.